The number of hydrogen-bond acceptors (Lipinski definition) is 3. The highest BCUT2D eigenvalue weighted by atomic mass is 32.2. The molecule has 0 N–H and O–H groups in total. The Morgan fingerprint density at radius 2 is 1.84 bits per heavy atom. The lowest BCUT2D eigenvalue weighted by Gasteiger charge is -2.22. The largest absolute Gasteiger partial charge is 0.484 e. The van der Waals surface area contributed by atoms with E-state index in [4.69, 9.17) is 4.74 Å². The highest BCUT2D eigenvalue weighted by molar-refractivity contribution is 7.91. The molecule has 0 unspecified atom stereocenters. The molecule has 0 aromatic heterocycles. The quantitative estimate of drug-likeness (QED) is 0.718. The molecule has 0 amide bonds. The van der Waals surface area contributed by atoms with Gasteiger partial charge in [0.2, 0.25) is 0 Å². The summed E-state index contributed by atoms with van der Waals surface area (Å²) in [5, 5.41) is 0. The first-order chi connectivity index (χ1) is 8.80. The second-order valence-electron chi connectivity index (χ2n) is 5.05. The monoisotopic (exact) mass is 282 g/mol. The topological polar surface area (TPSA) is 43.4 Å². The average molecular weight is 282 g/mol. The highest BCUT2D eigenvalue weighted by Crippen LogP contribution is 2.22. The van der Waals surface area contributed by atoms with Crippen LogP contribution in [-0.2, 0) is 9.84 Å². The van der Waals surface area contributed by atoms with Gasteiger partial charge in [0.1, 0.15) is 11.4 Å². The first kappa shape index (κ1) is 15.8. The molecule has 1 aromatic carbocycles. The Bertz CT molecular complexity index is 513. The van der Waals surface area contributed by atoms with E-state index in [0.29, 0.717) is 17.1 Å². The van der Waals surface area contributed by atoms with E-state index in [1.807, 2.05) is 20.8 Å². The Morgan fingerprint density at radius 1 is 1.26 bits per heavy atom. The number of hydrogen-bond donors (Lipinski definition) is 0. The molecule has 1 aromatic rings. The molecule has 0 aliphatic carbocycles. The average Bonchev–Trinajstić information content (AvgIpc) is 2.37. The molecule has 106 valence electrons. The summed E-state index contributed by atoms with van der Waals surface area (Å²) in [5.74, 6) is 0.835. The lowest BCUT2D eigenvalue weighted by Crippen LogP contribution is -2.24. The summed E-state index contributed by atoms with van der Waals surface area (Å²) < 4.78 is 29.7. The van der Waals surface area contributed by atoms with E-state index in [9.17, 15) is 8.42 Å². The van der Waals surface area contributed by atoms with Crippen molar-refractivity contribution in [3.05, 3.63) is 36.9 Å². The van der Waals surface area contributed by atoms with Crippen molar-refractivity contribution in [3.8, 4) is 5.75 Å². The Morgan fingerprint density at radius 3 is 2.32 bits per heavy atom. The van der Waals surface area contributed by atoms with Gasteiger partial charge in [0, 0.05) is 0 Å². The third kappa shape index (κ3) is 4.71. The molecule has 4 heteroatoms. The van der Waals surface area contributed by atoms with Crippen molar-refractivity contribution in [2.75, 3.05) is 5.75 Å². The molecule has 0 heterocycles. The minimum atomic E-state index is -3.16. The van der Waals surface area contributed by atoms with Crippen LogP contribution >= 0.6 is 0 Å². The molecule has 3 nitrogen and oxygen atoms in total. The molecule has 1 rings (SSSR count). The molecule has 0 atom stereocenters. The van der Waals surface area contributed by atoms with Gasteiger partial charge >= 0.3 is 0 Å². The van der Waals surface area contributed by atoms with Gasteiger partial charge in [-0.15, -0.1) is 0 Å². The van der Waals surface area contributed by atoms with Gasteiger partial charge in [-0.05, 0) is 50.6 Å². The standard InChI is InChI=1S/C15H22O3S/c1-5-7-12-19(16,17)14-10-8-13(9-11-14)18-15(3,4)6-2/h6,8-11H,2,5,7,12H2,1,3-4H3. The Kier molecular flexibility index (Phi) is 5.18. The summed E-state index contributed by atoms with van der Waals surface area (Å²) in [6.45, 7) is 9.46. The fraction of sp³-hybridized carbons (Fsp3) is 0.467. The Balaban J connectivity index is 2.85. The van der Waals surface area contributed by atoms with Crippen LogP contribution in [0.25, 0.3) is 0 Å². The predicted octanol–water partition coefficient (Wildman–Crippen LogP) is 3.60. The third-order valence-corrected chi connectivity index (χ3v) is 4.64. The first-order valence-corrected chi connectivity index (χ1v) is 8.11. The molecule has 0 aliphatic heterocycles. The van der Waals surface area contributed by atoms with Gasteiger partial charge in [0.05, 0.1) is 10.6 Å². The maximum atomic E-state index is 12.0. The maximum Gasteiger partial charge on any atom is 0.178 e. The van der Waals surface area contributed by atoms with Crippen molar-refractivity contribution >= 4 is 9.84 Å². The zero-order valence-corrected chi connectivity index (χ0v) is 12.7. The van der Waals surface area contributed by atoms with Crippen LogP contribution in [-0.4, -0.2) is 19.8 Å². The third-order valence-electron chi connectivity index (χ3n) is 2.82. The molecular formula is C15H22O3S. The Labute approximate surface area is 116 Å². The second-order valence-corrected chi connectivity index (χ2v) is 7.16. The fourth-order valence-corrected chi connectivity index (χ4v) is 2.97. The van der Waals surface area contributed by atoms with Crippen LogP contribution in [0.3, 0.4) is 0 Å². The highest BCUT2D eigenvalue weighted by Gasteiger charge is 2.16. The summed E-state index contributed by atoms with van der Waals surface area (Å²) in [5.41, 5.74) is -0.470. The summed E-state index contributed by atoms with van der Waals surface area (Å²) in [6, 6.07) is 6.56. The summed E-state index contributed by atoms with van der Waals surface area (Å²) >= 11 is 0. The number of sulfone groups is 1. The zero-order chi connectivity index (χ0) is 14.5. The van der Waals surface area contributed by atoms with E-state index < -0.39 is 15.4 Å². The van der Waals surface area contributed by atoms with E-state index in [1.165, 1.54) is 0 Å². The summed E-state index contributed by atoms with van der Waals surface area (Å²) in [7, 11) is -3.16. The lowest BCUT2D eigenvalue weighted by molar-refractivity contribution is 0.162. The zero-order valence-electron chi connectivity index (χ0n) is 11.8. The SMILES string of the molecule is C=CC(C)(C)Oc1ccc(S(=O)(=O)CCCC)cc1. The van der Waals surface area contributed by atoms with Crippen LogP contribution in [0, 0.1) is 0 Å². The minimum absolute atomic E-state index is 0.196. The van der Waals surface area contributed by atoms with Crippen LogP contribution in [0.2, 0.25) is 0 Å². The van der Waals surface area contributed by atoms with Gasteiger partial charge in [-0.1, -0.05) is 19.9 Å². The van der Waals surface area contributed by atoms with Crippen LogP contribution in [0.4, 0.5) is 0 Å². The van der Waals surface area contributed by atoms with Crippen molar-refractivity contribution in [3.63, 3.8) is 0 Å². The molecule has 0 saturated carbocycles. The number of benzene rings is 1. The van der Waals surface area contributed by atoms with Gasteiger partial charge in [-0.2, -0.15) is 0 Å². The van der Waals surface area contributed by atoms with Gasteiger partial charge in [-0.3, -0.25) is 0 Å². The Hall–Kier alpha value is -1.29. The number of ether oxygens (including phenoxy) is 1. The van der Waals surface area contributed by atoms with Crippen LogP contribution in [0.1, 0.15) is 33.6 Å². The number of rotatable bonds is 7. The summed E-state index contributed by atoms with van der Waals surface area (Å²) in [6.07, 6.45) is 3.26. The first-order valence-electron chi connectivity index (χ1n) is 6.46. The van der Waals surface area contributed by atoms with Gasteiger partial charge in [-0.25, -0.2) is 8.42 Å². The minimum Gasteiger partial charge on any atom is -0.484 e. The molecule has 19 heavy (non-hydrogen) atoms. The van der Waals surface area contributed by atoms with Crippen molar-refractivity contribution in [2.45, 2.75) is 44.1 Å². The molecule has 0 spiro atoms. The van der Waals surface area contributed by atoms with Crippen molar-refractivity contribution < 1.29 is 13.2 Å². The van der Waals surface area contributed by atoms with E-state index in [-0.39, 0.29) is 5.75 Å². The van der Waals surface area contributed by atoms with Gasteiger partial charge < -0.3 is 4.74 Å². The van der Waals surface area contributed by atoms with Gasteiger partial charge in [0.15, 0.2) is 9.84 Å². The fourth-order valence-electron chi connectivity index (χ4n) is 1.51. The molecule has 0 saturated heterocycles. The van der Waals surface area contributed by atoms with Crippen molar-refractivity contribution in [2.24, 2.45) is 0 Å². The molecule has 0 radical (unpaired) electrons. The smallest absolute Gasteiger partial charge is 0.178 e. The molecule has 0 bridgehead atoms. The normalized spacial score (nSPS) is 12.2. The predicted molar refractivity (Wildman–Crippen MR) is 78.3 cm³/mol. The van der Waals surface area contributed by atoms with Crippen molar-refractivity contribution in [1.29, 1.82) is 0 Å². The van der Waals surface area contributed by atoms with E-state index >= 15 is 0 Å². The van der Waals surface area contributed by atoms with E-state index in [1.54, 1.807) is 30.3 Å². The van der Waals surface area contributed by atoms with Gasteiger partial charge in [0.25, 0.3) is 0 Å². The van der Waals surface area contributed by atoms with E-state index in [2.05, 4.69) is 6.58 Å². The van der Waals surface area contributed by atoms with Crippen LogP contribution in [0.5, 0.6) is 5.75 Å². The van der Waals surface area contributed by atoms with Crippen molar-refractivity contribution in [1.82, 2.24) is 0 Å². The van der Waals surface area contributed by atoms with Crippen LogP contribution < -0.4 is 4.74 Å². The number of unbranched alkanes of at least 4 members (excludes halogenated alkanes) is 1. The molecule has 0 aliphatic rings. The molecule has 0 fully saturated rings. The van der Waals surface area contributed by atoms with Crippen LogP contribution in [0.15, 0.2) is 41.8 Å². The summed E-state index contributed by atoms with van der Waals surface area (Å²) in [4.78, 5) is 0.352. The van der Waals surface area contributed by atoms with E-state index in [0.717, 1.165) is 6.42 Å². The molecular weight excluding hydrogens is 260 g/mol. The lowest BCUT2D eigenvalue weighted by atomic mass is 10.1. The second kappa shape index (κ2) is 6.24. The maximum absolute atomic E-state index is 12.0.